The first-order valence-electron chi connectivity index (χ1n) is 8.43. The summed E-state index contributed by atoms with van der Waals surface area (Å²) in [5, 5.41) is 3.15. The van der Waals surface area contributed by atoms with Crippen LogP contribution in [0.3, 0.4) is 0 Å². The number of fused-ring (bicyclic) bond motifs is 2. The lowest BCUT2D eigenvalue weighted by Gasteiger charge is -2.18. The third-order valence-corrected chi connectivity index (χ3v) is 4.36. The average molecular weight is 348 g/mol. The number of aromatic nitrogens is 3. The van der Waals surface area contributed by atoms with Crippen LogP contribution in [0.1, 0.15) is 0 Å². The topological polar surface area (TPSA) is 93.1 Å². The lowest BCUT2D eigenvalue weighted by molar-refractivity contribution is 0.626. The Morgan fingerprint density at radius 1 is 1.08 bits per heavy atom. The minimum absolute atomic E-state index is 0.169. The monoisotopic (exact) mass is 348 g/mol. The second-order valence-corrected chi connectivity index (χ2v) is 6.19. The molecule has 3 heterocycles. The molecule has 4 aromatic rings. The Labute approximate surface area is 150 Å². The average Bonchev–Trinajstić information content (AvgIpc) is 3.04. The lowest BCUT2D eigenvalue weighted by Crippen LogP contribution is -2.27. The zero-order valence-corrected chi connectivity index (χ0v) is 14.7. The summed E-state index contributed by atoms with van der Waals surface area (Å²) >= 11 is 0. The summed E-state index contributed by atoms with van der Waals surface area (Å²) in [4.78, 5) is 15.7. The normalized spacial score (nSPS) is 11.3. The second-order valence-electron chi connectivity index (χ2n) is 6.19. The van der Waals surface area contributed by atoms with Gasteiger partial charge in [-0.05, 0) is 43.4 Å². The molecular formula is C19H20N6O. The molecule has 4 rings (SSSR count). The molecule has 0 aliphatic carbocycles. The van der Waals surface area contributed by atoms with Crippen LogP contribution in [-0.2, 0) is 0 Å². The lowest BCUT2D eigenvalue weighted by atomic mass is 10.1. The van der Waals surface area contributed by atoms with E-state index in [1.165, 1.54) is 0 Å². The molecular weight excluding hydrogens is 328 g/mol. The Morgan fingerprint density at radius 2 is 1.96 bits per heavy atom. The highest BCUT2D eigenvalue weighted by atomic mass is 16.4. The number of nitrogen functional groups attached to an aromatic ring is 1. The zero-order valence-electron chi connectivity index (χ0n) is 14.7. The van der Waals surface area contributed by atoms with Gasteiger partial charge in [-0.2, -0.15) is 4.98 Å². The number of anilines is 2. The van der Waals surface area contributed by atoms with E-state index in [4.69, 9.17) is 15.1 Å². The molecule has 1 aromatic carbocycles. The van der Waals surface area contributed by atoms with Crippen molar-refractivity contribution < 1.29 is 4.42 Å². The molecule has 0 saturated heterocycles. The summed E-state index contributed by atoms with van der Waals surface area (Å²) in [7, 11) is 3.99. The molecule has 0 radical (unpaired) electrons. The maximum atomic E-state index is 5.62. The van der Waals surface area contributed by atoms with Crippen molar-refractivity contribution in [3.63, 3.8) is 0 Å². The van der Waals surface area contributed by atoms with Gasteiger partial charge in [0.25, 0.3) is 6.01 Å². The number of benzene rings is 1. The van der Waals surface area contributed by atoms with E-state index < -0.39 is 0 Å². The van der Waals surface area contributed by atoms with Gasteiger partial charge in [0.15, 0.2) is 5.58 Å². The summed E-state index contributed by atoms with van der Waals surface area (Å²) in [6.45, 7) is 1.80. The van der Waals surface area contributed by atoms with Gasteiger partial charge in [-0.3, -0.25) is 4.98 Å². The fraction of sp³-hybridized carbons (Fsp3) is 0.211. The number of likely N-dealkylation sites (N-methyl/N-ethyl adjacent to an activating group) is 2. The summed E-state index contributed by atoms with van der Waals surface area (Å²) < 4.78 is 5.33. The SMILES string of the molecule is CNCCN(C)c1cnc2ccc(-c3ccc4oc(N)nc4c3)nc2c1. The smallest absolute Gasteiger partial charge is 0.292 e. The zero-order chi connectivity index (χ0) is 18.1. The molecule has 26 heavy (non-hydrogen) atoms. The van der Waals surface area contributed by atoms with Crippen molar-refractivity contribution in [2.75, 3.05) is 37.8 Å². The molecule has 132 valence electrons. The van der Waals surface area contributed by atoms with E-state index in [1.807, 2.05) is 50.6 Å². The van der Waals surface area contributed by atoms with Crippen LogP contribution in [0.25, 0.3) is 33.4 Å². The van der Waals surface area contributed by atoms with Crippen molar-refractivity contribution >= 4 is 33.8 Å². The van der Waals surface area contributed by atoms with Gasteiger partial charge in [-0.25, -0.2) is 4.98 Å². The molecule has 0 aliphatic heterocycles. The molecule has 0 saturated carbocycles. The minimum Gasteiger partial charge on any atom is -0.424 e. The Hall–Kier alpha value is -3.19. The fourth-order valence-corrected chi connectivity index (χ4v) is 2.88. The summed E-state index contributed by atoms with van der Waals surface area (Å²) in [6, 6.07) is 11.9. The van der Waals surface area contributed by atoms with Crippen LogP contribution in [0.4, 0.5) is 11.7 Å². The molecule has 3 N–H and O–H groups in total. The summed E-state index contributed by atoms with van der Waals surface area (Å²) in [5.74, 6) is 0. The standard InChI is InChI=1S/C19H20N6O/c1-21-7-8-25(2)13-10-16-15(22-11-13)5-4-14(23-16)12-3-6-18-17(9-12)24-19(20)26-18/h3-6,9-11,21H,7-8H2,1-2H3,(H2,20,24). The molecule has 0 atom stereocenters. The highest BCUT2D eigenvalue weighted by molar-refractivity contribution is 5.84. The number of pyridine rings is 2. The summed E-state index contributed by atoms with van der Waals surface area (Å²) in [5.41, 5.74) is 11.6. The second kappa shape index (κ2) is 6.61. The van der Waals surface area contributed by atoms with Crippen molar-refractivity contribution in [1.29, 1.82) is 0 Å². The largest absolute Gasteiger partial charge is 0.424 e. The van der Waals surface area contributed by atoms with Crippen LogP contribution in [-0.4, -0.2) is 42.1 Å². The van der Waals surface area contributed by atoms with Crippen LogP contribution >= 0.6 is 0 Å². The van der Waals surface area contributed by atoms with Crippen molar-refractivity contribution in [3.8, 4) is 11.3 Å². The van der Waals surface area contributed by atoms with Crippen LogP contribution in [0.2, 0.25) is 0 Å². The van der Waals surface area contributed by atoms with Crippen LogP contribution < -0.4 is 16.0 Å². The Bertz CT molecular complexity index is 1070. The third-order valence-electron chi connectivity index (χ3n) is 4.36. The number of nitrogens with one attached hydrogen (secondary N) is 1. The van der Waals surface area contributed by atoms with E-state index in [0.717, 1.165) is 46.6 Å². The van der Waals surface area contributed by atoms with E-state index >= 15 is 0 Å². The van der Waals surface area contributed by atoms with Gasteiger partial charge >= 0.3 is 0 Å². The first-order chi connectivity index (χ1) is 12.6. The van der Waals surface area contributed by atoms with Gasteiger partial charge < -0.3 is 20.4 Å². The molecule has 0 amide bonds. The van der Waals surface area contributed by atoms with Crippen molar-refractivity contribution in [1.82, 2.24) is 20.3 Å². The number of rotatable bonds is 5. The minimum atomic E-state index is 0.169. The van der Waals surface area contributed by atoms with Gasteiger partial charge in [0.05, 0.1) is 28.6 Å². The number of hydrogen-bond acceptors (Lipinski definition) is 7. The van der Waals surface area contributed by atoms with E-state index in [1.54, 1.807) is 0 Å². The van der Waals surface area contributed by atoms with Crippen LogP contribution in [0, 0.1) is 0 Å². The molecule has 0 unspecified atom stereocenters. The predicted octanol–water partition coefficient (Wildman–Crippen LogP) is 2.68. The highest BCUT2D eigenvalue weighted by Gasteiger charge is 2.09. The molecule has 0 spiro atoms. The number of oxazole rings is 1. The molecule has 0 bridgehead atoms. The highest BCUT2D eigenvalue weighted by Crippen LogP contribution is 2.26. The predicted molar refractivity (Wildman–Crippen MR) is 104 cm³/mol. The van der Waals surface area contributed by atoms with Gasteiger partial charge in [-0.15, -0.1) is 0 Å². The van der Waals surface area contributed by atoms with Crippen molar-refractivity contribution in [3.05, 3.63) is 42.6 Å². The van der Waals surface area contributed by atoms with Crippen LogP contribution in [0.15, 0.2) is 47.0 Å². The van der Waals surface area contributed by atoms with Crippen molar-refractivity contribution in [2.45, 2.75) is 0 Å². The molecule has 0 fully saturated rings. The maximum absolute atomic E-state index is 5.62. The first kappa shape index (κ1) is 16.3. The van der Waals surface area contributed by atoms with Crippen molar-refractivity contribution in [2.24, 2.45) is 0 Å². The van der Waals surface area contributed by atoms with E-state index in [9.17, 15) is 0 Å². The fourth-order valence-electron chi connectivity index (χ4n) is 2.88. The number of nitrogens with two attached hydrogens (primary N) is 1. The van der Waals surface area contributed by atoms with Gasteiger partial charge in [0.1, 0.15) is 5.52 Å². The quantitative estimate of drug-likeness (QED) is 0.573. The maximum Gasteiger partial charge on any atom is 0.292 e. The van der Waals surface area contributed by atoms with E-state index in [0.29, 0.717) is 5.58 Å². The molecule has 3 aromatic heterocycles. The van der Waals surface area contributed by atoms with Gasteiger partial charge in [0.2, 0.25) is 0 Å². The van der Waals surface area contributed by atoms with E-state index in [-0.39, 0.29) is 6.01 Å². The van der Waals surface area contributed by atoms with E-state index in [2.05, 4.69) is 26.3 Å². The van der Waals surface area contributed by atoms with Gasteiger partial charge in [-0.1, -0.05) is 0 Å². The Balaban J connectivity index is 1.72. The number of hydrogen-bond donors (Lipinski definition) is 2. The van der Waals surface area contributed by atoms with Gasteiger partial charge in [0, 0.05) is 25.7 Å². The Kier molecular flexibility index (Phi) is 4.14. The molecule has 7 heteroatoms. The molecule has 0 aliphatic rings. The number of nitrogens with zero attached hydrogens (tertiary/aromatic N) is 4. The van der Waals surface area contributed by atoms with Crippen LogP contribution in [0.5, 0.6) is 0 Å². The first-order valence-corrected chi connectivity index (χ1v) is 8.43. The third kappa shape index (κ3) is 3.04. The Morgan fingerprint density at radius 3 is 2.81 bits per heavy atom. The summed E-state index contributed by atoms with van der Waals surface area (Å²) in [6.07, 6.45) is 1.88. The molecule has 7 nitrogen and oxygen atoms in total.